The first kappa shape index (κ1) is 12.2. The molecule has 0 aliphatic heterocycles. The molecule has 1 N–H and O–H groups in total. The lowest BCUT2D eigenvalue weighted by atomic mass is 10.3. The Morgan fingerprint density at radius 2 is 2.27 bits per heavy atom. The molecule has 0 spiro atoms. The average Bonchev–Trinajstić information content (AvgIpc) is 2.69. The lowest BCUT2D eigenvalue weighted by Crippen LogP contribution is -2.27. The molecule has 0 fully saturated rings. The zero-order chi connectivity index (χ0) is 11.1. The maximum atomic E-state index is 11.2. The van der Waals surface area contributed by atoms with E-state index < -0.39 is 0 Å². The van der Waals surface area contributed by atoms with E-state index in [2.05, 4.69) is 22.8 Å². The van der Waals surface area contributed by atoms with Crippen LogP contribution in [0.5, 0.6) is 0 Å². The van der Waals surface area contributed by atoms with Gasteiger partial charge in [-0.25, -0.2) is 0 Å². The molecule has 0 bridgehead atoms. The zero-order valence-corrected chi connectivity index (χ0v) is 10.1. The van der Waals surface area contributed by atoms with Crippen LogP contribution in [-0.4, -0.2) is 38.0 Å². The average molecular weight is 226 g/mol. The molecule has 0 atom stereocenters. The van der Waals surface area contributed by atoms with Crippen molar-refractivity contribution in [2.75, 3.05) is 27.2 Å². The maximum absolute atomic E-state index is 11.2. The number of hydrogen-bond acceptors (Lipinski definition) is 3. The van der Waals surface area contributed by atoms with E-state index in [0.717, 1.165) is 19.5 Å². The van der Waals surface area contributed by atoms with E-state index in [1.165, 1.54) is 4.88 Å². The molecule has 1 amide bonds. The van der Waals surface area contributed by atoms with Gasteiger partial charge < -0.3 is 10.2 Å². The smallest absolute Gasteiger partial charge is 0.223 e. The minimum absolute atomic E-state index is 0.179. The van der Waals surface area contributed by atoms with Gasteiger partial charge in [0, 0.05) is 31.9 Å². The predicted octanol–water partition coefficient (Wildman–Crippen LogP) is 1.36. The van der Waals surface area contributed by atoms with Gasteiger partial charge in [0.25, 0.3) is 0 Å². The quantitative estimate of drug-likeness (QED) is 0.743. The van der Waals surface area contributed by atoms with Gasteiger partial charge in [-0.05, 0) is 24.4 Å². The fourth-order valence-corrected chi connectivity index (χ4v) is 1.92. The van der Waals surface area contributed by atoms with Crippen molar-refractivity contribution in [3.8, 4) is 0 Å². The van der Waals surface area contributed by atoms with Gasteiger partial charge in [-0.1, -0.05) is 6.07 Å². The minimum atomic E-state index is 0.179. The molecule has 0 radical (unpaired) electrons. The number of carbonyl (C=O) groups is 1. The summed E-state index contributed by atoms with van der Waals surface area (Å²) in [5, 5.41) is 5.36. The molecule has 0 aliphatic carbocycles. The highest BCUT2D eigenvalue weighted by atomic mass is 32.1. The van der Waals surface area contributed by atoms with Crippen molar-refractivity contribution in [3.05, 3.63) is 22.4 Å². The SMILES string of the molecule is CN(C)C(=O)CCNCCc1cccs1. The first-order valence-electron chi connectivity index (χ1n) is 5.13. The van der Waals surface area contributed by atoms with E-state index in [0.29, 0.717) is 6.42 Å². The van der Waals surface area contributed by atoms with Crippen LogP contribution in [0.1, 0.15) is 11.3 Å². The Hall–Kier alpha value is -0.870. The number of hydrogen-bond donors (Lipinski definition) is 1. The predicted molar refractivity (Wildman–Crippen MR) is 64.2 cm³/mol. The maximum Gasteiger partial charge on any atom is 0.223 e. The molecule has 4 heteroatoms. The Morgan fingerprint density at radius 1 is 1.47 bits per heavy atom. The monoisotopic (exact) mass is 226 g/mol. The van der Waals surface area contributed by atoms with Crippen LogP contribution in [0.2, 0.25) is 0 Å². The van der Waals surface area contributed by atoms with Gasteiger partial charge in [0.2, 0.25) is 5.91 Å². The van der Waals surface area contributed by atoms with Gasteiger partial charge >= 0.3 is 0 Å². The lowest BCUT2D eigenvalue weighted by molar-refractivity contribution is -0.128. The summed E-state index contributed by atoms with van der Waals surface area (Å²) in [6, 6.07) is 4.20. The second-order valence-electron chi connectivity index (χ2n) is 3.62. The standard InChI is InChI=1S/C11H18N2OS/c1-13(2)11(14)6-8-12-7-5-10-4-3-9-15-10/h3-4,9,12H,5-8H2,1-2H3. The van der Waals surface area contributed by atoms with Crippen molar-refractivity contribution >= 4 is 17.2 Å². The van der Waals surface area contributed by atoms with Crippen molar-refractivity contribution in [1.29, 1.82) is 0 Å². The van der Waals surface area contributed by atoms with Crippen molar-refractivity contribution in [1.82, 2.24) is 10.2 Å². The first-order valence-corrected chi connectivity index (χ1v) is 6.01. The molecule has 0 aliphatic rings. The van der Waals surface area contributed by atoms with Gasteiger partial charge in [0.05, 0.1) is 0 Å². The summed E-state index contributed by atoms with van der Waals surface area (Å²) in [5.41, 5.74) is 0. The molecule has 15 heavy (non-hydrogen) atoms. The molecular formula is C11H18N2OS. The van der Waals surface area contributed by atoms with E-state index in [-0.39, 0.29) is 5.91 Å². The third kappa shape index (κ3) is 4.95. The highest BCUT2D eigenvalue weighted by Gasteiger charge is 2.02. The summed E-state index contributed by atoms with van der Waals surface area (Å²) in [4.78, 5) is 14.2. The second kappa shape index (κ2) is 6.58. The number of nitrogens with zero attached hydrogens (tertiary/aromatic N) is 1. The molecule has 0 aromatic carbocycles. The number of thiophene rings is 1. The topological polar surface area (TPSA) is 32.3 Å². The van der Waals surface area contributed by atoms with Crippen molar-refractivity contribution in [2.24, 2.45) is 0 Å². The van der Waals surface area contributed by atoms with E-state index in [9.17, 15) is 4.79 Å². The highest BCUT2D eigenvalue weighted by molar-refractivity contribution is 7.09. The minimum Gasteiger partial charge on any atom is -0.349 e. The van der Waals surface area contributed by atoms with Crippen LogP contribution in [0.25, 0.3) is 0 Å². The molecule has 84 valence electrons. The molecule has 1 aromatic rings. The van der Waals surface area contributed by atoms with E-state index in [4.69, 9.17) is 0 Å². The third-order valence-electron chi connectivity index (χ3n) is 2.14. The number of nitrogens with one attached hydrogen (secondary N) is 1. The van der Waals surface area contributed by atoms with Gasteiger partial charge in [-0.3, -0.25) is 4.79 Å². The molecule has 0 unspecified atom stereocenters. The Bertz CT molecular complexity index is 283. The Kier molecular flexibility index (Phi) is 5.36. The summed E-state index contributed by atoms with van der Waals surface area (Å²) in [7, 11) is 3.57. The summed E-state index contributed by atoms with van der Waals surface area (Å²) >= 11 is 1.78. The van der Waals surface area contributed by atoms with E-state index in [1.54, 1.807) is 30.3 Å². The van der Waals surface area contributed by atoms with E-state index in [1.807, 2.05) is 0 Å². The summed E-state index contributed by atoms with van der Waals surface area (Å²) < 4.78 is 0. The molecular weight excluding hydrogens is 208 g/mol. The van der Waals surface area contributed by atoms with Crippen LogP contribution < -0.4 is 5.32 Å². The van der Waals surface area contributed by atoms with Gasteiger partial charge in [0.1, 0.15) is 0 Å². The van der Waals surface area contributed by atoms with Gasteiger partial charge in [0.15, 0.2) is 0 Å². The zero-order valence-electron chi connectivity index (χ0n) is 9.32. The fourth-order valence-electron chi connectivity index (χ4n) is 1.21. The van der Waals surface area contributed by atoms with Crippen LogP contribution in [0.15, 0.2) is 17.5 Å². The largest absolute Gasteiger partial charge is 0.349 e. The Morgan fingerprint density at radius 3 is 2.87 bits per heavy atom. The highest BCUT2D eigenvalue weighted by Crippen LogP contribution is 2.07. The second-order valence-corrected chi connectivity index (χ2v) is 4.65. The third-order valence-corrected chi connectivity index (χ3v) is 3.08. The van der Waals surface area contributed by atoms with Gasteiger partial charge in [-0.2, -0.15) is 0 Å². The summed E-state index contributed by atoms with van der Waals surface area (Å²) in [6.45, 7) is 1.71. The van der Waals surface area contributed by atoms with Crippen LogP contribution in [-0.2, 0) is 11.2 Å². The van der Waals surface area contributed by atoms with Crippen LogP contribution >= 0.6 is 11.3 Å². The lowest BCUT2D eigenvalue weighted by Gasteiger charge is -2.10. The number of carbonyl (C=O) groups excluding carboxylic acids is 1. The molecule has 0 saturated carbocycles. The van der Waals surface area contributed by atoms with Crippen LogP contribution in [0.4, 0.5) is 0 Å². The van der Waals surface area contributed by atoms with Crippen LogP contribution in [0.3, 0.4) is 0 Å². The van der Waals surface area contributed by atoms with Crippen LogP contribution in [0, 0.1) is 0 Å². The number of amides is 1. The summed E-state index contributed by atoms with van der Waals surface area (Å²) in [5.74, 6) is 0.179. The Labute approximate surface area is 95.1 Å². The number of rotatable bonds is 6. The molecule has 1 heterocycles. The summed E-state index contributed by atoms with van der Waals surface area (Å²) in [6.07, 6.45) is 1.63. The van der Waals surface area contributed by atoms with Crippen molar-refractivity contribution in [2.45, 2.75) is 12.8 Å². The normalized spacial score (nSPS) is 10.3. The van der Waals surface area contributed by atoms with Gasteiger partial charge in [-0.15, -0.1) is 11.3 Å². The first-order chi connectivity index (χ1) is 7.20. The fraction of sp³-hybridized carbons (Fsp3) is 0.545. The molecule has 1 rings (SSSR count). The Balaban J connectivity index is 2.00. The van der Waals surface area contributed by atoms with Crippen molar-refractivity contribution in [3.63, 3.8) is 0 Å². The van der Waals surface area contributed by atoms with Crippen molar-refractivity contribution < 1.29 is 4.79 Å². The molecule has 1 aromatic heterocycles. The molecule has 0 saturated heterocycles. The molecule has 3 nitrogen and oxygen atoms in total. The van der Waals surface area contributed by atoms with E-state index >= 15 is 0 Å².